The number of fused-ring (bicyclic) bond motifs is 2. The molecule has 4 unspecified atom stereocenters. The zero-order chi connectivity index (χ0) is 26.5. The predicted octanol–water partition coefficient (Wildman–Crippen LogP) is 2.50. The predicted molar refractivity (Wildman–Crippen MR) is 123 cm³/mol. The summed E-state index contributed by atoms with van der Waals surface area (Å²) in [6.45, 7) is -0.320. The maximum absolute atomic E-state index is 14.9. The SMILES string of the molecule is CN(C)C1CN(C(=O)c2cc(CC3NNC(=O)C4CCCCC34)ccc2F)Cc2nnc(C(F)(F)F)n21. The molecule has 9 nitrogen and oxygen atoms in total. The van der Waals surface area contributed by atoms with Crippen molar-refractivity contribution in [2.45, 2.75) is 57.0 Å². The first-order valence-electron chi connectivity index (χ1n) is 12.3. The van der Waals surface area contributed by atoms with Gasteiger partial charge in [0.15, 0.2) is 5.82 Å². The van der Waals surface area contributed by atoms with Crippen molar-refractivity contribution in [3.05, 3.63) is 46.8 Å². The van der Waals surface area contributed by atoms with Crippen molar-refractivity contribution in [1.29, 1.82) is 0 Å². The van der Waals surface area contributed by atoms with Crippen molar-refractivity contribution in [1.82, 2.24) is 35.4 Å². The fourth-order valence-electron chi connectivity index (χ4n) is 5.82. The number of likely N-dealkylation sites (N-methyl/N-ethyl adjacent to an activating group) is 1. The van der Waals surface area contributed by atoms with Crippen LogP contribution >= 0.6 is 0 Å². The van der Waals surface area contributed by atoms with Crippen molar-refractivity contribution in [3.8, 4) is 0 Å². The van der Waals surface area contributed by atoms with Crippen LogP contribution in [0.25, 0.3) is 0 Å². The summed E-state index contributed by atoms with van der Waals surface area (Å²) >= 11 is 0. The van der Waals surface area contributed by atoms with Crippen molar-refractivity contribution in [2.75, 3.05) is 20.6 Å². The fraction of sp³-hybridized carbons (Fsp3) is 0.583. The molecule has 2 N–H and O–H groups in total. The number of amides is 2. The highest BCUT2D eigenvalue weighted by atomic mass is 19.4. The van der Waals surface area contributed by atoms with Gasteiger partial charge in [-0.05, 0) is 57.0 Å². The van der Waals surface area contributed by atoms with Crippen LogP contribution in [0.3, 0.4) is 0 Å². The van der Waals surface area contributed by atoms with Crippen LogP contribution in [0.5, 0.6) is 0 Å². The van der Waals surface area contributed by atoms with Gasteiger partial charge in [-0.3, -0.25) is 24.5 Å². The van der Waals surface area contributed by atoms with E-state index in [1.807, 2.05) is 0 Å². The smallest absolute Gasteiger partial charge is 0.328 e. The van der Waals surface area contributed by atoms with Gasteiger partial charge in [0.25, 0.3) is 5.91 Å². The van der Waals surface area contributed by atoms with Gasteiger partial charge in [0.2, 0.25) is 11.7 Å². The summed E-state index contributed by atoms with van der Waals surface area (Å²) in [7, 11) is 3.19. The molecule has 1 aromatic carbocycles. The average molecular weight is 524 g/mol. The normalized spacial score (nSPS) is 26.0. The zero-order valence-corrected chi connectivity index (χ0v) is 20.6. The number of carbonyl (C=O) groups is 2. The maximum Gasteiger partial charge on any atom is 0.451 e. The molecule has 2 aromatic rings. The summed E-state index contributed by atoms with van der Waals surface area (Å²) in [5.74, 6) is -2.39. The number of alkyl halides is 3. The van der Waals surface area contributed by atoms with E-state index in [0.717, 1.165) is 35.8 Å². The number of hydrogen-bond acceptors (Lipinski definition) is 6. The van der Waals surface area contributed by atoms with Crippen LogP contribution in [0.15, 0.2) is 18.2 Å². The number of benzene rings is 1. The molecule has 4 atom stereocenters. The van der Waals surface area contributed by atoms with Crippen LogP contribution in [0, 0.1) is 17.7 Å². The second-order valence-electron chi connectivity index (χ2n) is 10.3. The number of aromatic nitrogens is 3. The van der Waals surface area contributed by atoms with Gasteiger partial charge in [-0.15, -0.1) is 10.2 Å². The molecule has 200 valence electrons. The van der Waals surface area contributed by atoms with Crippen molar-refractivity contribution in [3.63, 3.8) is 0 Å². The summed E-state index contributed by atoms with van der Waals surface area (Å²) in [5, 5.41) is 7.00. The molecule has 0 bridgehead atoms. The summed E-state index contributed by atoms with van der Waals surface area (Å²) < 4.78 is 56.3. The first-order chi connectivity index (χ1) is 17.5. The van der Waals surface area contributed by atoms with Crippen LogP contribution < -0.4 is 10.9 Å². The molecule has 13 heteroatoms. The Kier molecular flexibility index (Phi) is 6.69. The average Bonchev–Trinajstić information content (AvgIpc) is 3.31. The Balaban J connectivity index is 1.38. The Labute approximate surface area is 211 Å². The highest BCUT2D eigenvalue weighted by Crippen LogP contribution is 2.36. The molecular formula is C24H29F4N7O2. The molecule has 2 aliphatic heterocycles. The molecule has 1 aromatic heterocycles. The number of rotatable bonds is 4. The van der Waals surface area contributed by atoms with E-state index >= 15 is 0 Å². The van der Waals surface area contributed by atoms with Gasteiger partial charge in [0.05, 0.1) is 18.7 Å². The van der Waals surface area contributed by atoms with Gasteiger partial charge in [-0.1, -0.05) is 18.9 Å². The minimum atomic E-state index is -4.70. The molecule has 37 heavy (non-hydrogen) atoms. The van der Waals surface area contributed by atoms with E-state index in [9.17, 15) is 27.2 Å². The number of halogens is 4. The van der Waals surface area contributed by atoms with Gasteiger partial charge in [0, 0.05) is 12.0 Å². The molecule has 2 fully saturated rings. The number of hydrogen-bond donors (Lipinski definition) is 2. The Hall–Kier alpha value is -3.06. The Bertz CT molecular complexity index is 1200. The molecule has 1 saturated carbocycles. The van der Waals surface area contributed by atoms with E-state index in [1.165, 1.54) is 21.9 Å². The molecule has 5 rings (SSSR count). The highest BCUT2D eigenvalue weighted by Gasteiger charge is 2.44. The summed E-state index contributed by atoms with van der Waals surface area (Å²) in [5.41, 5.74) is 6.41. The van der Waals surface area contributed by atoms with E-state index < -0.39 is 29.9 Å². The zero-order valence-electron chi connectivity index (χ0n) is 20.6. The number of nitrogens with zero attached hydrogens (tertiary/aromatic N) is 5. The second kappa shape index (κ2) is 9.67. The third kappa shape index (κ3) is 4.81. The minimum Gasteiger partial charge on any atom is -0.328 e. The van der Waals surface area contributed by atoms with E-state index in [4.69, 9.17) is 0 Å². The lowest BCUT2D eigenvalue weighted by molar-refractivity contribution is -0.150. The first kappa shape index (κ1) is 25.6. The molecular weight excluding hydrogens is 494 g/mol. The molecule has 3 aliphatic rings. The van der Waals surface area contributed by atoms with Crippen LogP contribution in [0.4, 0.5) is 17.6 Å². The Morgan fingerprint density at radius 3 is 2.68 bits per heavy atom. The van der Waals surface area contributed by atoms with Crippen LogP contribution in [-0.2, 0) is 23.9 Å². The van der Waals surface area contributed by atoms with Crippen LogP contribution in [0.2, 0.25) is 0 Å². The van der Waals surface area contributed by atoms with Crippen molar-refractivity contribution < 1.29 is 27.2 Å². The van der Waals surface area contributed by atoms with Crippen molar-refractivity contribution >= 4 is 11.8 Å². The third-order valence-electron chi connectivity index (χ3n) is 7.69. The van der Waals surface area contributed by atoms with Gasteiger partial charge in [0.1, 0.15) is 12.0 Å². The lowest BCUT2D eigenvalue weighted by Gasteiger charge is -2.41. The Morgan fingerprint density at radius 1 is 1.19 bits per heavy atom. The second-order valence-corrected chi connectivity index (χ2v) is 10.3. The van der Waals surface area contributed by atoms with E-state index in [0.29, 0.717) is 6.42 Å². The number of hydrazine groups is 1. The topological polar surface area (TPSA) is 95.4 Å². The summed E-state index contributed by atoms with van der Waals surface area (Å²) in [4.78, 5) is 28.5. The molecule has 0 radical (unpaired) electrons. The molecule has 1 aliphatic carbocycles. The van der Waals surface area contributed by atoms with Crippen LogP contribution in [-0.4, -0.2) is 63.1 Å². The van der Waals surface area contributed by atoms with Gasteiger partial charge in [-0.25, -0.2) is 9.82 Å². The molecule has 2 amide bonds. The molecule has 1 saturated heterocycles. The van der Waals surface area contributed by atoms with E-state index in [-0.39, 0.29) is 48.3 Å². The number of nitrogens with one attached hydrogen (secondary N) is 2. The lowest BCUT2D eigenvalue weighted by atomic mass is 9.72. The van der Waals surface area contributed by atoms with E-state index in [2.05, 4.69) is 21.0 Å². The summed E-state index contributed by atoms with van der Waals surface area (Å²) in [6.07, 6.45) is -1.26. The fourth-order valence-corrected chi connectivity index (χ4v) is 5.82. The van der Waals surface area contributed by atoms with Crippen molar-refractivity contribution in [2.24, 2.45) is 11.8 Å². The standard InChI is InChI=1S/C24H29F4N7O2/c1-33(2)20-12-34(11-19-30-32-23(35(19)20)24(26,27)28)22(37)16-9-13(7-8-17(16)25)10-18-14-5-3-4-6-15(14)21(36)31-29-18/h7-9,14-15,18,20,29H,3-6,10-12H2,1-2H3,(H,31,36). The highest BCUT2D eigenvalue weighted by molar-refractivity contribution is 5.94. The van der Waals surface area contributed by atoms with Gasteiger partial charge >= 0.3 is 6.18 Å². The molecule has 0 spiro atoms. The molecule has 3 heterocycles. The van der Waals surface area contributed by atoms with Crippen LogP contribution in [0.1, 0.15) is 59.4 Å². The monoisotopic (exact) mass is 523 g/mol. The van der Waals surface area contributed by atoms with E-state index in [1.54, 1.807) is 20.2 Å². The number of carbonyl (C=O) groups excluding carboxylic acids is 2. The quantitative estimate of drug-likeness (QED) is 0.599. The lowest BCUT2D eigenvalue weighted by Crippen LogP contribution is -2.60. The minimum absolute atomic E-state index is 0.00185. The maximum atomic E-state index is 14.9. The van der Waals surface area contributed by atoms with Gasteiger partial charge < -0.3 is 4.90 Å². The third-order valence-corrected chi connectivity index (χ3v) is 7.69. The summed E-state index contributed by atoms with van der Waals surface area (Å²) in [6, 6.07) is 4.30. The first-order valence-corrected chi connectivity index (χ1v) is 12.3. The van der Waals surface area contributed by atoms with Gasteiger partial charge in [-0.2, -0.15) is 13.2 Å². The Morgan fingerprint density at radius 2 is 1.95 bits per heavy atom. The largest absolute Gasteiger partial charge is 0.451 e.